The monoisotopic (exact) mass is 358 g/mol. The van der Waals surface area contributed by atoms with Gasteiger partial charge in [0.15, 0.2) is 11.6 Å². The summed E-state index contributed by atoms with van der Waals surface area (Å²) in [7, 11) is 0. The van der Waals surface area contributed by atoms with Crippen molar-refractivity contribution in [3.63, 3.8) is 0 Å². The van der Waals surface area contributed by atoms with E-state index < -0.39 is 23.6 Å². The Morgan fingerprint density at radius 1 is 1.19 bits per heavy atom. The van der Waals surface area contributed by atoms with Gasteiger partial charge in [-0.3, -0.25) is 9.59 Å². The van der Waals surface area contributed by atoms with Crippen LogP contribution in [0.4, 0.5) is 8.78 Å². The molecule has 2 atom stereocenters. The number of likely N-dealkylation sites (tertiary alicyclic amines) is 1. The molecular formula is C20H20F2N2O2. The van der Waals surface area contributed by atoms with Crippen LogP contribution in [0.15, 0.2) is 48.5 Å². The molecule has 2 unspecified atom stereocenters. The van der Waals surface area contributed by atoms with E-state index in [0.717, 1.165) is 17.7 Å². The van der Waals surface area contributed by atoms with Crippen LogP contribution in [0.25, 0.3) is 0 Å². The number of carbonyl (C=O) groups is 2. The summed E-state index contributed by atoms with van der Waals surface area (Å²) >= 11 is 0. The molecule has 2 amide bonds. The summed E-state index contributed by atoms with van der Waals surface area (Å²) in [6, 6.07) is 12.7. The molecule has 0 aromatic heterocycles. The quantitative estimate of drug-likeness (QED) is 0.892. The molecule has 1 aliphatic heterocycles. The molecule has 136 valence electrons. The van der Waals surface area contributed by atoms with Crippen molar-refractivity contribution in [1.29, 1.82) is 0 Å². The van der Waals surface area contributed by atoms with Gasteiger partial charge >= 0.3 is 0 Å². The van der Waals surface area contributed by atoms with Crippen molar-refractivity contribution >= 4 is 11.8 Å². The third-order valence-electron chi connectivity index (χ3n) is 4.60. The lowest BCUT2D eigenvalue weighted by Gasteiger charge is -2.19. The minimum atomic E-state index is -0.950. The maximum absolute atomic E-state index is 13.3. The molecule has 0 bridgehead atoms. The normalized spacial score (nSPS) is 18.0. The average Bonchev–Trinajstić information content (AvgIpc) is 2.99. The third kappa shape index (κ3) is 4.07. The van der Waals surface area contributed by atoms with Crippen molar-refractivity contribution in [2.24, 2.45) is 5.92 Å². The van der Waals surface area contributed by atoms with Gasteiger partial charge in [-0.15, -0.1) is 0 Å². The molecule has 1 heterocycles. The second-order valence-corrected chi connectivity index (χ2v) is 6.56. The van der Waals surface area contributed by atoms with Crippen LogP contribution in [0.3, 0.4) is 0 Å². The van der Waals surface area contributed by atoms with Gasteiger partial charge in [0.1, 0.15) is 0 Å². The van der Waals surface area contributed by atoms with Gasteiger partial charge < -0.3 is 10.2 Å². The number of nitrogens with one attached hydrogen (secondary N) is 1. The van der Waals surface area contributed by atoms with E-state index in [9.17, 15) is 18.4 Å². The molecule has 0 spiro atoms. The number of carbonyl (C=O) groups excluding carboxylic acids is 2. The van der Waals surface area contributed by atoms with E-state index in [2.05, 4.69) is 5.32 Å². The van der Waals surface area contributed by atoms with Crippen molar-refractivity contribution in [2.45, 2.75) is 25.9 Å². The maximum atomic E-state index is 13.3. The number of amides is 2. The predicted octanol–water partition coefficient (Wildman–Crippen LogP) is 3.19. The lowest BCUT2D eigenvalue weighted by atomic mass is 10.0. The molecule has 2 aromatic rings. The van der Waals surface area contributed by atoms with Crippen molar-refractivity contribution in [3.05, 3.63) is 71.3 Å². The highest BCUT2D eigenvalue weighted by Gasteiger charge is 2.34. The summed E-state index contributed by atoms with van der Waals surface area (Å²) in [5.41, 5.74) is 1.49. The lowest BCUT2D eigenvalue weighted by Crippen LogP contribution is -2.34. The van der Waals surface area contributed by atoms with Gasteiger partial charge in [-0.05, 0) is 30.2 Å². The van der Waals surface area contributed by atoms with Crippen LogP contribution in [-0.4, -0.2) is 23.3 Å². The molecule has 6 heteroatoms. The van der Waals surface area contributed by atoms with Gasteiger partial charge in [0.2, 0.25) is 11.8 Å². The van der Waals surface area contributed by atoms with E-state index in [1.807, 2.05) is 30.3 Å². The average molecular weight is 358 g/mol. The van der Waals surface area contributed by atoms with Gasteiger partial charge in [0, 0.05) is 19.5 Å². The summed E-state index contributed by atoms with van der Waals surface area (Å²) in [4.78, 5) is 26.3. The van der Waals surface area contributed by atoms with Crippen LogP contribution in [-0.2, 0) is 16.1 Å². The number of benzene rings is 2. The fourth-order valence-electron chi connectivity index (χ4n) is 3.10. The summed E-state index contributed by atoms with van der Waals surface area (Å²) in [6.07, 6.45) is 0.156. The van der Waals surface area contributed by atoms with Gasteiger partial charge in [0.25, 0.3) is 0 Å². The van der Waals surface area contributed by atoms with Gasteiger partial charge in [-0.2, -0.15) is 0 Å². The van der Waals surface area contributed by atoms with Gasteiger partial charge in [-0.1, -0.05) is 36.4 Å². The van der Waals surface area contributed by atoms with E-state index in [4.69, 9.17) is 0 Å². The highest BCUT2D eigenvalue weighted by molar-refractivity contribution is 5.89. The highest BCUT2D eigenvalue weighted by atomic mass is 19.2. The Labute approximate surface area is 150 Å². The smallest absolute Gasteiger partial charge is 0.225 e. The SMILES string of the molecule is CC(NC(=O)C1CC(=O)N(Cc2ccccc2)C1)c1ccc(F)c(F)c1. The van der Waals surface area contributed by atoms with E-state index in [0.29, 0.717) is 18.7 Å². The third-order valence-corrected chi connectivity index (χ3v) is 4.60. The molecule has 1 aliphatic rings. The number of halogens is 2. The zero-order valence-corrected chi connectivity index (χ0v) is 14.4. The Hall–Kier alpha value is -2.76. The zero-order valence-electron chi connectivity index (χ0n) is 14.4. The van der Waals surface area contributed by atoms with Gasteiger partial charge in [0.05, 0.1) is 12.0 Å². The molecule has 2 aromatic carbocycles. The molecule has 26 heavy (non-hydrogen) atoms. The van der Waals surface area contributed by atoms with Crippen LogP contribution in [0, 0.1) is 17.6 Å². The molecule has 3 rings (SSSR count). The minimum absolute atomic E-state index is 0.0607. The van der Waals surface area contributed by atoms with Crippen LogP contribution in [0.2, 0.25) is 0 Å². The summed E-state index contributed by atoms with van der Waals surface area (Å²) in [5.74, 6) is -2.64. The Morgan fingerprint density at radius 3 is 2.62 bits per heavy atom. The Bertz CT molecular complexity index is 811. The fraction of sp³-hybridized carbons (Fsp3) is 0.300. The number of hydrogen-bond donors (Lipinski definition) is 1. The largest absolute Gasteiger partial charge is 0.349 e. The molecule has 0 aliphatic carbocycles. The first-order valence-electron chi connectivity index (χ1n) is 8.51. The molecule has 4 nitrogen and oxygen atoms in total. The number of hydrogen-bond acceptors (Lipinski definition) is 2. The van der Waals surface area contributed by atoms with E-state index in [-0.39, 0.29) is 18.2 Å². The molecule has 0 radical (unpaired) electrons. The van der Waals surface area contributed by atoms with E-state index in [1.165, 1.54) is 6.07 Å². The Kier molecular flexibility index (Phi) is 5.30. The second-order valence-electron chi connectivity index (χ2n) is 6.56. The van der Waals surface area contributed by atoms with Crippen LogP contribution in [0.1, 0.15) is 30.5 Å². The zero-order chi connectivity index (χ0) is 18.7. The standard InChI is InChI=1S/C20H20F2N2O2/c1-13(15-7-8-17(21)18(22)9-15)23-20(26)16-10-19(25)24(12-16)11-14-5-3-2-4-6-14/h2-9,13,16H,10-12H2,1H3,(H,23,26). The molecule has 1 saturated heterocycles. The lowest BCUT2D eigenvalue weighted by molar-refractivity contribution is -0.129. The van der Waals surface area contributed by atoms with Crippen molar-refractivity contribution < 1.29 is 18.4 Å². The van der Waals surface area contributed by atoms with Crippen molar-refractivity contribution in [3.8, 4) is 0 Å². The second kappa shape index (κ2) is 7.64. The van der Waals surface area contributed by atoms with Crippen LogP contribution < -0.4 is 5.32 Å². The predicted molar refractivity (Wildman–Crippen MR) is 92.9 cm³/mol. The minimum Gasteiger partial charge on any atom is -0.349 e. The molecule has 1 fully saturated rings. The van der Waals surface area contributed by atoms with Gasteiger partial charge in [-0.25, -0.2) is 8.78 Å². The van der Waals surface area contributed by atoms with Crippen LogP contribution >= 0.6 is 0 Å². The topological polar surface area (TPSA) is 49.4 Å². The summed E-state index contributed by atoms with van der Waals surface area (Å²) < 4.78 is 26.4. The van der Waals surface area contributed by atoms with Crippen LogP contribution in [0.5, 0.6) is 0 Å². The highest BCUT2D eigenvalue weighted by Crippen LogP contribution is 2.22. The first kappa shape index (κ1) is 18.0. The van der Waals surface area contributed by atoms with E-state index in [1.54, 1.807) is 11.8 Å². The Morgan fingerprint density at radius 2 is 1.92 bits per heavy atom. The maximum Gasteiger partial charge on any atom is 0.225 e. The van der Waals surface area contributed by atoms with Crippen molar-refractivity contribution in [1.82, 2.24) is 10.2 Å². The molecule has 1 N–H and O–H groups in total. The van der Waals surface area contributed by atoms with E-state index >= 15 is 0 Å². The fourth-order valence-corrected chi connectivity index (χ4v) is 3.10. The summed E-state index contributed by atoms with van der Waals surface area (Å²) in [6.45, 7) is 2.52. The first-order chi connectivity index (χ1) is 12.4. The number of rotatable bonds is 5. The first-order valence-corrected chi connectivity index (χ1v) is 8.51. The number of nitrogens with zero attached hydrogens (tertiary/aromatic N) is 1. The molecule has 0 saturated carbocycles. The Balaban J connectivity index is 1.59. The van der Waals surface area contributed by atoms with Crippen molar-refractivity contribution in [2.75, 3.05) is 6.54 Å². The summed E-state index contributed by atoms with van der Waals surface area (Å²) in [5, 5.41) is 2.78. The molecular weight excluding hydrogens is 338 g/mol.